The van der Waals surface area contributed by atoms with Crippen LogP contribution in [0.3, 0.4) is 0 Å². The van der Waals surface area contributed by atoms with Gasteiger partial charge >= 0.3 is 17.9 Å². The topological polar surface area (TPSA) is 174 Å². The number of amides is 1. The Labute approximate surface area is 233 Å². The third-order valence-corrected chi connectivity index (χ3v) is 6.57. The number of oxime groups is 1. The van der Waals surface area contributed by atoms with Gasteiger partial charge in [0.1, 0.15) is 41.0 Å². The molecule has 0 unspecified atom stereocenters. The number of fused-ring (bicyclic) bond motifs is 2. The third-order valence-electron chi connectivity index (χ3n) is 6.57. The summed E-state index contributed by atoms with van der Waals surface area (Å²) in [6.45, 7) is 8.27. The highest BCUT2D eigenvalue weighted by Gasteiger charge is 2.60. The molecule has 41 heavy (non-hydrogen) atoms. The molecule has 2 N–H and O–H groups in total. The van der Waals surface area contributed by atoms with Crippen molar-refractivity contribution in [2.75, 3.05) is 13.7 Å². The van der Waals surface area contributed by atoms with Crippen molar-refractivity contribution in [1.29, 1.82) is 0 Å². The molecule has 3 heterocycles. The average Bonchev–Trinajstić information content (AvgIpc) is 3.30. The summed E-state index contributed by atoms with van der Waals surface area (Å²) in [5, 5.41) is 14.6. The number of hydroxylamine groups is 1. The first-order chi connectivity index (χ1) is 19.5. The maximum absolute atomic E-state index is 12.8. The second kappa shape index (κ2) is 11.9. The summed E-state index contributed by atoms with van der Waals surface area (Å²) in [5.74, 6) is 1.89. The van der Waals surface area contributed by atoms with Gasteiger partial charge in [-0.25, -0.2) is 14.4 Å². The maximum Gasteiger partial charge on any atom is 0.509 e. The first kappa shape index (κ1) is 29.4. The number of hydrogen-bond donors (Lipinski definition) is 2. The Balaban J connectivity index is 1.64. The van der Waals surface area contributed by atoms with Crippen molar-refractivity contribution in [2.24, 2.45) is 5.16 Å². The zero-order valence-corrected chi connectivity index (χ0v) is 22.6. The molecule has 2 fully saturated rings. The molecule has 1 aromatic heterocycles. The number of rotatable bonds is 9. The van der Waals surface area contributed by atoms with Crippen LogP contribution < -0.4 is 15.8 Å². The minimum absolute atomic E-state index is 0.0125. The van der Waals surface area contributed by atoms with E-state index in [4.69, 9.17) is 34.5 Å². The molecule has 1 amide bonds. The SMILES string of the molecule is C#CCONC(=O)O/N=C(\C)c1c(O)c2ccc(O[C@@H]3O[C@@](C)(CC=C)[C@H](OC)[C@H]4OC(=O)O[C@@H]34)c(C)c2oc1=O. The van der Waals surface area contributed by atoms with Gasteiger partial charge in [0.05, 0.1) is 11.1 Å². The van der Waals surface area contributed by atoms with Gasteiger partial charge in [0.25, 0.3) is 0 Å². The maximum atomic E-state index is 12.8. The molecule has 14 heteroatoms. The quantitative estimate of drug-likeness (QED) is 0.0658. The van der Waals surface area contributed by atoms with E-state index in [0.29, 0.717) is 12.0 Å². The minimum Gasteiger partial charge on any atom is -0.506 e. The largest absolute Gasteiger partial charge is 0.509 e. The van der Waals surface area contributed by atoms with E-state index in [1.807, 2.05) is 5.48 Å². The number of aryl methyl sites for hydroxylation is 1. The molecule has 14 nitrogen and oxygen atoms in total. The molecule has 0 aliphatic carbocycles. The number of ether oxygens (including phenoxy) is 5. The minimum atomic E-state index is -1.12. The van der Waals surface area contributed by atoms with Crippen LogP contribution in [-0.4, -0.2) is 67.0 Å². The molecule has 4 rings (SSSR count). The molecule has 5 atom stereocenters. The van der Waals surface area contributed by atoms with Crippen molar-refractivity contribution in [3.8, 4) is 23.8 Å². The van der Waals surface area contributed by atoms with Crippen LogP contribution in [0.2, 0.25) is 0 Å². The van der Waals surface area contributed by atoms with Gasteiger partial charge in [-0.05, 0) is 39.3 Å². The summed E-state index contributed by atoms with van der Waals surface area (Å²) < 4.78 is 34.1. The molecule has 2 aromatic rings. The number of methoxy groups -OCH3 is 1. The summed E-state index contributed by atoms with van der Waals surface area (Å²) >= 11 is 0. The monoisotopic (exact) mass is 572 g/mol. The first-order valence-electron chi connectivity index (χ1n) is 12.3. The van der Waals surface area contributed by atoms with E-state index in [1.165, 1.54) is 26.2 Å². The molecule has 2 saturated heterocycles. The standard InChI is InChI=1S/C27H28N2O12/c1-7-11-27(5)22(34-6)20-21(39-26(33)38-20)24(40-27)36-16-10-9-15-18(30)17(23(31)37-19(15)13(16)3)14(4)28-41-25(32)29-35-12-8-2/h2,7,9-10,20-22,24,30H,1,11-12H2,3-6H3,(H,29,32)/b28-14+/t20-,21+,22+,24+,27-/m0/s1. The number of carbonyl (C=O) groups excluding carboxylic acids is 2. The van der Waals surface area contributed by atoms with Crippen molar-refractivity contribution in [3.63, 3.8) is 0 Å². The molecule has 2 aliphatic heterocycles. The number of carbonyl (C=O) groups is 2. The Kier molecular flexibility index (Phi) is 8.52. The van der Waals surface area contributed by atoms with Crippen LogP contribution in [0.5, 0.6) is 11.5 Å². The van der Waals surface area contributed by atoms with Gasteiger partial charge in [-0.1, -0.05) is 17.2 Å². The van der Waals surface area contributed by atoms with E-state index in [2.05, 4.69) is 27.3 Å². The van der Waals surface area contributed by atoms with E-state index in [-0.39, 0.29) is 34.6 Å². The summed E-state index contributed by atoms with van der Waals surface area (Å²) in [5.41, 5.74) is -0.193. The fourth-order valence-corrected chi connectivity index (χ4v) is 4.75. The Morgan fingerprint density at radius 3 is 2.73 bits per heavy atom. The van der Waals surface area contributed by atoms with Crippen molar-refractivity contribution in [2.45, 2.75) is 57.4 Å². The molecule has 1 aromatic carbocycles. The van der Waals surface area contributed by atoms with Gasteiger partial charge in [0.15, 0.2) is 6.10 Å². The van der Waals surface area contributed by atoms with E-state index in [9.17, 15) is 19.5 Å². The Morgan fingerprint density at radius 1 is 1.32 bits per heavy atom. The van der Waals surface area contributed by atoms with Gasteiger partial charge in [-0.2, -0.15) is 5.48 Å². The van der Waals surface area contributed by atoms with Crippen molar-refractivity contribution in [3.05, 3.63) is 46.3 Å². The molecule has 0 saturated carbocycles. The number of benzene rings is 1. The Bertz CT molecular complexity index is 1490. The first-order valence-corrected chi connectivity index (χ1v) is 12.3. The van der Waals surface area contributed by atoms with E-state index < -0.39 is 53.8 Å². The fourth-order valence-electron chi connectivity index (χ4n) is 4.75. The van der Waals surface area contributed by atoms with Crippen LogP contribution in [0.1, 0.15) is 31.4 Å². The van der Waals surface area contributed by atoms with Crippen LogP contribution in [0.25, 0.3) is 11.0 Å². The molecule has 0 bridgehead atoms. The fraction of sp³-hybridized carbons (Fsp3) is 0.407. The highest BCUT2D eigenvalue weighted by atomic mass is 16.8. The number of hydrogen-bond acceptors (Lipinski definition) is 13. The van der Waals surface area contributed by atoms with Gasteiger partial charge in [0, 0.05) is 12.7 Å². The molecule has 0 spiro atoms. The summed E-state index contributed by atoms with van der Waals surface area (Å²) in [6.07, 6.45) is 1.43. The zero-order valence-electron chi connectivity index (χ0n) is 22.6. The summed E-state index contributed by atoms with van der Waals surface area (Å²) in [7, 11) is 1.47. The van der Waals surface area contributed by atoms with E-state index >= 15 is 0 Å². The molecular formula is C27H28N2O12. The van der Waals surface area contributed by atoms with Crippen LogP contribution in [0, 0.1) is 19.3 Å². The van der Waals surface area contributed by atoms with Gasteiger partial charge in [-0.3, -0.25) is 9.68 Å². The number of nitrogens with one attached hydrogen (secondary N) is 1. The highest BCUT2D eigenvalue weighted by Crippen LogP contribution is 2.42. The molecule has 0 radical (unpaired) electrons. The third kappa shape index (κ3) is 5.68. The normalized spacial score (nSPS) is 25.4. The van der Waals surface area contributed by atoms with Crippen LogP contribution in [-0.2, 0) is 28.6 Å². The Morgan fingerprint density at radius 2 is 2.05 bits per heavy atom. The van der Waals surface area contributed by atoms with Gasteiger partial charge in [0.2, 0.25) is 12.4 Å². The smallest absolute Gasteiger partial charge is 0.506 e. The number of terminal acetylenes is 1. The molecular weight excluding hydrogens is 544 g/mol. The van der Waals surface area contributed by atoms with Crippen molar-refractivity contribution in [1.82, 2.24) is 5.48 Å². The van der Waals surface area contributed by atoms with E-state index in [0.717, 1.165) is 0 Å². The highest BCUT2D eigenvalue weighted by molar-refractivity contribution is 6.05. The average molecular weight is 573 g/mol. The molecule has 2 aliphatic rings. The Hall–Kier alpha value is -4.58. The predicted octanol–water partition coefficient (Wildman–Crippen LogP) is 2.81. The lowest BCUT2D eigenvalue weighted by Gasteiger charge is -2.46. The van der Waals surface area contributed by atoms with E-state index in [1.54, 1.807) is 19.9 Å². The van der Waals surface area contributed by atoms with Crippen molar-refractivity contribution < 1.29 is 52.5 Å². The van der Waals surface area contributed by atoms with Gasteiger partial charge < -0.3 is 33.2 Å². The van der Waals surface area contributed by atoms with Crippen LogP contribution in [0.15, 0.2) is 39.2 Å². The second-order valence-electron chi connectivity index (χ2n) is 9.31. The lowest BCUT2D eigenvalue weighted by molar-refractivity contribution is -0.287. The lowest BCUT2D eigenvalue weighted by atomic mass is 9.85. The van der Waals surface area contributed by atoms with Gasteiger partial charge in [-0.15, -0.1) is 13.0 Å². The van der Waals surface area contributed by atoms with Crippen molar-refractivity contribution >= 4 is 28.9 Å². The predicted molar refractivity (Wildman–Crippen MR) is 140 cm³/mol. The second-order valence-corrected chi connectivity index (χ2v) is 9.31. The summed E-state index contributed by atoms with van der Waals surface area (Å²) in [4.78, 5) is 45.7. The zero-order chi connectivity index (χ0) is 29.9. The van der Waals surface area contributed by atoms with Crippen LogP contribution in [0.4, 0.5) is 9.59 Å². The summed E-state index contributed by atoms with van der Waals surface area (Å²) in [6, 6.07) is 2.97. The lowest BCUT2D eigenvalue weighted by Crippen LogP contribution is -2.63. The number of aromatic hydroxyl groups is 1. The van der Waals surface area contributed by atoms with Crippen LogP contribution >= 0.6 is 0 Å². The number of nitrogens with zero attached hydrogens (tertiary/aromatic N) is 1. The molecule has 218 valence electrons.